The fourth-order valence-corrected chi connectivity index (χ4v) is 2.59. The van der Waals surface area contributed by atoms with Crippen molar-refractivity contribution in [3.8, 4) is 5.75 Å². The SMILES string of the molecule is CC(C)(C)c1csc(COc2ccc(CCN)nc2)n1. The Morgan fingerprint density at radius 3 is 2.65 bits per heavy atom. The molecular formula is C15H21N3OS. The third-order valence-electron chi connectivity index (χ3n) is 2.88. The fourth-order valence-electron chi connectivity index (χ4n) is 1.66. The molecule has 0 unspecified atom stereocenters. The van der Waals surface area contributed by atoms with Gasteiger partial charge in [-0.2, -0.15) is 0 Å². The maximum Gasteiger partial charge on any atom is 0.140 e. The molecule has 0 spiro atoms. The van der Waals surface area contributed by atoms with Crippen LogP contribution in [0.4, 0.5) is 0 Å². The van der Waals surface area contributed by atoms with E-state index in [9.17, 15) is 0 Å². The number of nitrogens with zero attached hydrogens (tertiary/aromatic N) is 2. The van der Waals surface area contributed by atoms with Crippen LogP contribution in [0, 0.1) is 0 Å². The molecule has 0 saturated carbocycles. The van der Waals surface area contributed by atoms with Crippen molar-refractivity contribution < 1.29 is 4.74 Å². The van der Waals surface area contributed by atoms with E-state index < -0.39 is 0 Å². The average Bonchev–Trinajstić information content (AvgIpc) is 2.87. The van der Waals surface area contributed by atoms with Crippen molar-refractivity contribution in [2.45, 2.75) is 39.2 Å². The number of nitrogens with two attached hydrogens (primary N) is 1. The topological polar surface area (TPSA) is 61.0 Å². The first-order chi connectivity index (χ1) is 9.49. The highest BCUT2D eigenvalue weighted by Crippen LogP contribution is 2.24. The van der Waals surface area contributed by atoms with Gasteiger partial charge < -0.3 is 10.5 Å². The summed E-state index contributed by atoms with van der Waals surface area (Å²) in [5, 5.41) is 3.09. The Labute approximate surface area is 124 Å². The zero-order valence-corrected chi connectivity index (χ0v) is 13.0. The number of thiazole rings is 1. The Balaban J connectivity index is 1.93. The Hall–Kier alpha value is -1.46. The number of aromatic nitrogens is 2. The molecule has 2 rings (SSSR count). The highest BCUT2D eigenvalue weighted by molar-refractivity contribution is 7.09. The number of hydrogen-bond acceptors (Lipinski definition) is 5. The van der Waals surface area contributed by atoms with Gasteiger partial charge in [0.25, 0.3) is 0 Å². The monoisotopic (exact) mass is 291 g/mol. The van der Waals surface area contributed by atoms with E-state index in [1.54, 1.807) is 17.5 Å². The minimum Gasteiger partial charge on any atom is -0.485 e. The fraction of sp³-hybridized carbons (Fsp3) is 0.467. The molecule has 0 saturated heterocycles. The van der Waals surface area contributed by atoms with Gasteiger partial charge in [-0.3, -0.25) is 4.98 Å². The van der Waals surface area contributed by atoms with E-state index >= 15 is 0 Å². The number of hydrogen-bond donors (Lipinski definition) is 1. The van der Waals surface area contributed by atoms with Crippen LogP contribution >= 0.6 is 11.3 Å². The van der Waals surface area contributed by atoms with Crippen molar-refractivity contribution in [2.75, 3.05) is 6.54 Å². The second-order valence-electron chi connectivity index (χ2n) is 5.69. The van der Waals surface area contributed by atoms with E-state index in [0.29, 0.717) is 13.2 Å². The van der Waals surface area contributed by atoms with E-state index in [0.717, 1.165) is 28.6 Å². The molecule has 5 heteroatoms. The second-order valence-corrected chi connectivity index (χ2v) is 6.63. The predicted octanol–water partition coefficient (Wildman–Crippen LogP) is 2.92. The minimum absolute atomic E-state index is 0.0835. The summed E-state index contributed by atoms with van der Waals surface area (Å²) in [5.41, 5.74) is 7.67. The van der Waals surface area contributed by atoms with E-state index in [1.165, 1.54) is 0 Å². The van der Waals surface area contributed by atoms with Crippen molar-refractivity contribution in [2.24, 2.45) is 5.73 Å². The highest BCUT2D eigenvalue weighted by atomic mass is 32.1. The van der Waals surface area contributed by atoms with Crippen LogP contribution in [0.2, 0.25) is 0 Å². The quantitative estimate of drug-likeness (QED) is 0.920. The van der Waals surface area contributed by atoms with Crippen LogP contribution < -0.4 is 10.5 Å². The van der Waals surface area contributed by atoms with Crippen molar-refractivity contribution in [3.63, 3.8) is 0 Å². The van der Waals surface area contributed by atoms with Crippen LogP contribution in [0.15, 0.2) is 23.7 Å². The molecule has 0 aliphatic rings. The molecule has 2 heterocycles. The van der Waals surface area contributed by atoms with Gasteiger partial charge in [-0.15, -0.1) is 11.3 Å². The Morgan fingerprint density at radius 1 is 1.30 bits per heavy atom. The molecule has 20 heavy (non-hydrogen) atoms. The van der Waals surface area contributed by atoms with Gasteiger partial charge in [-0.05, 0) is 18.7 Å². The highest BCUT2D eigenvalue weighted by Gasteiger charge is 2.17. The summed E-state index contributed by atoms with van der Waals surface area (Å²) in [5.74, 6) is 0.762. The molecule has 0 bridgehead atoms. The van der Waals surface area contributed by atoms with Crippen molar-refractivity contribution >= 4 is 11.3 Å². The van der Waals surface area contributed by atoms with Crippen LogP contribution in [0.25, 0.3) is 0 Å². The molecule has 0 atom stereocenters. The molecule has 2 aromatic rings. The van der Waals surface area contributed by atoms with Gasteiger partial charge in [0, 0.05) is 22.9 Å². The van der Waals surface area contributed by atoms with Gasteiger partial charge in [0.2, 0.25) is 0 Å². The molecule has 0 aliphatic heterocycles. The molecule has 0 aromatic carbocycles. The Bertz CT molecular complexity index is 543. The normalized spacial score (nSPS) is 11.6. The van der Waals surface area contributed by atoms with Gasteiger partial charge in [-0.25, -0.2) is 4.98 Å². The smallest absolute Gasteiger partial charge is 0.140 e. The predicted molar refractivity (Wildman–Crippen MR) is 82.1 cm³/mol. The molecule has 2 N–H and O–H groups in total. The van der Waals surface area contributed by atoms with Gasteiger partial charge >= 0.3 is 0 Å². The number of rotatable bonds is 5. The summed E-state index contributed by atoms with van der Waals surface area (Å²) < 4.78 is 5.71. The zero-order valence-electron chi connectivity index (χ0n) is 12.2. The van der Waals surface area contributed by atoms with Gasteiger partial charge in [0.15, 0.2) is 0 Å². The first kappa shape index (κ1) is 14.9. The lowest BCUT2D eigenvalue weighted by Crippen LogP contribution is -2.11. The standard InChI is InChI=1S/C15H21N3OS/c1-15(2,3)13-10-20-14(18-13)9-19-12-5-4-11(6-7-16)17-8-12/h4-5,8,10H,6-7,9,16H2,1-3H3. The molecule has 0 radical (unpaired) electrons. The van der Waals surface area contributed by atoms with E-state index in [-0.39, 0.29) is 5.41 Å². The van der Waals surface area contributed by atoms with Crippen LogP contribution in [0.3, 0.4) is 0 Å². The zero-order chi connectivity index (χ0) is 14.6. The largest absolute Gasteiger partial charge is 0.485 e. The summed E-state index contributed by atoms with van der Waals surface area (Å²) in [4.78, 5) is 8.90. The van der Waals surface area contributed by atoms with E-state index in [4.69, 9.17) is 10.5 Å². The lowest BCUT2D eigenvalue weighted by molar-refractivity contribution is 0.303. The summed E-state index contributed by atoms with van der Waals surface area (Å²) in [7, 11) is 0. The lowest BCUT2D eigenvalue weighted by Gasteiger charge is -2.14. The van der Waals surface area contributed by atoms with Gasteiger partial charge in [-0.1, -0.05) is 20.8 Å². The Morgan fingerprint density at radius 2 is 2.10 bits per heavy atom. The number of ether oxygens (including phenoxy) is 1. The molecule has 0 fully saturated rings. The molecule has 0 amide bonds. The molecular weight excluding hydrogens is 270 g/mol. The van der Waals surface area contributed by atoms with Crippen LogP contribution in [0.5, 0.6) is 5.75 Å². The average molecular weight is 291 g/mol. The lowest BCUT2D eigenvalue weighted by atomic mass is 9.93. The first-order valence-electron chi connectivity index (χ1n) is 6.72. The summed E-state index contributed by atoms with van der Waals surface area (Å²) in [6.07, 6.45) is 2.53. The molecule has 0 aliphatic carbocycles. The summed E-state index contributed by atoms with van der Waals surface area (Å²) >= 11 is 1.63. The van der Waals surface area contributed by atoms with Crippen molar-refractivity contribution in [1.82, 2.24) is 9.97 Å². The third-order valence-corrected chi connectivity index (χ3v) is 3.70. The van der Waals surface area contributed by atoms with Crippen LogP contribution in [-0.4, -0.2) is 16.5 Å². The summed E-state index contributed by atoms with van der Waals surface area (Å²) in [6, 6.07) is 3.88. The Kier molecular flexibility index (Phi) is 4.73. The number of pyridine rings is 1. The van der Waals surface area contributed by atoms with Gasteiger partial charge in [0.05, 0.1) is 11.9 Å². The minimum atomic E-state index is 0.0835. The second kappa shape index (κ2) is 6.33. The summed E-state index contributed by atoms with van der Waals surface area (Å²) in [6.45, 7) is 7.58. The van der Waals surface area contributed by atoms with Crippen LogP contribution in [0.1, 0.15) is 37.2 Å². The molecule has 2 aromatic heterocycles. The molecule has 4 nitrogen and oxygen atoms in total. The van der Waals surface area contributed by atoms with Crippen molar-refractivity contribution in [1.29, 1.82) is 0 Å². The first-order valence-corrected chi connectivity index (χ1v) is 7.59. The third kappa shape index (κ3) is 4.02. The van der Waals surface area contributed by atoms with Crippen molar-refractivity contribution in [3.05, 3.63) is 40.1 Å². The molecule has 108 valence electrons. The van der Waals surface area contributed by atoms with E-state index in [1.807, 2.05) is 12.1 Å². The maximum absolute atomic E-state index is 5.71. The van der Waals surface area contributed by atoms with Gasteiger partial charge in [0.1, 0.15) is 17.4 Å². The van der Waals surface area contributed by atoms with E-state index in [2.05, 4.69) is 36.1 Å². The van der Waals surface area contributed by atoms with Crippen LogP contribution in [-0.2, 0) is 18.4 Å². The maximum atomic E-state index is 5.71.